The number of ketones is 1. The van der Waals surface area contributed by atoms with Crippen LogP contribution >= 0.6 is 23.2 Å². The van der Waals surface area contributed by atoms with Crippen LogP contribution in [-0.4, -0.2) is 60.7 Å². The predicted molar refractivity (Wildman–Crippen MR) is 190 cm³/mol. The van der Waals surface area contributed by atoms with Crippen LogP contribution in [0.2, 0.25) is 0 Å². The molecule has 0 radical (unpaired) electrons. The van der Waals surface area contributed by atoms with Crippen molar-refractivity contribution in [3.8, 4) is 0 Å². The quantitative estimate of drug-likeness (QED) is 0.110. The van der Waals surface area contributed by atoms with E-state index in [9.17, 15) is 19.2 Å². The van der Waals surface area contributed by atoms with Crippen molar-refractivity contribution in [2.45, 2.75) is 97.5 Å². The van der Waals surface area contributed by atoms with Crippen LogP contribution < -0.4 is 4.90 Å². The summed E-state index contributed by atoms with van der Waals surface area (Å²) in [5.41, 5.74) is 1.61. The maximum Gasteiger partial charge on any atom is 0.310 e. The van der Waals surface area contributed by atoms with Gasteiger partial charge in [-0.25, -0.2) is 0 Å². The molecule has 0 amide bonds. The second-order valence-corrected chi connectivity index (χ2v) is 15.5. The first kappa shape index (κ1) is 37.4. The van der Waals surface area contributed by atoms with E-state index in [4.69, 9.17) is 37.4 Å². The summed E-state index contributed by atoms with van der Waals surface area (Å²) in [6, 6.07) is 8.36. The Morgan fingerprint density at radius 2 is 1.61 bits per heavy atom. The Morgan fingerprint density at radius 1 is 0.918 bits per heavy atom. The van der Waals surface area contributed by atoms with Crippen LogP contribution in [-0.2, 0) is 39.8 Å². The van der Waals surface area contributed by atoms with Crippen LogP contribution in [0.5, 0.6) is 0 Å². The van der Waals surface area contributed by atoms with Gasteiger partial charge in [0.05, 0.1) is 0 Å². The first-order chi connectivity index (χ1) is 23.4. The fraction of sp³-hybridized carbons (Fsp3) is 0.641. The Kier molecular flexibility index (Phi) is 11.9. The van der Waals surface area contributed by atoms with E-state index in [0.29, 0.717) is 49.3 Å². The summed E-state index contributed by atoms with van der Waals surface area (Å²) in [5, 5.41) is 0. The third-order valence-corrected chi connectivity index (χ3v) is 12.5. The molecule has 6 atom stereocenters. The van der Waals surface area contributed by atoms with Gasteiger partial charge in [0.1, 0.15) is 5.76 Å². The maximum atomic E-state index is 13.6. The molecule has 268 valence electrons. The summed E-state index contributed by atoms with van der Waals surface area (Å²) in [6.07, 6.45) is 11.6. The molecule has 0 spiro atoms. The average molecular weight is 717 g/mol. The second kappa shape index (κ2) is 15.6. The topological polar surface area (TPSA) is 99.2 Å². The number of aryl methyl sites for hydroxylation is 1. The Morgan fingerprint density at radius 3 is 2.27 bits per heavy atom. The standard InChI is InChI=1S/C39H51Cl2NO7/c1-26(43)47-25-35(45)39(49-27(2)44)19-16-34-32-13-10-29-24-31(14-17-37(29,3)33(32)15-18-38(34,39)4)48-36(46)7-5-6-28-8-11-30(12-9-28)42(22-20-40)23-21-41/h8-12,24,32-34H,5-7,13-23,25H2,1-4H3/t32-,33+,34+,37+,38+,39+/m1/s1. The van der Waals surface area contributed by atoms with Crippen molar-refractivity contribution in [2.75, 3.05) is 36.4 Å². The Balaban J connectivity index is 1.21. The van der Waals surface area contributed by atoms with Crippen LogP contribution in [0.15, 0.2) is 47.7 Å². The first-order valence-electron chi connectivity index (χ1n) is 17.8. The van der Waals surface area contributed by atoms with E-state index in [1.54, 1.807) is 0 Å². The van der Waals surface area contributed by atoms with Crippen molar-refractivity contribution in [3.05, 3.63) is 53.3 Å². The van der Waals surface area contributed by atoms with Gasteiger partial charge in [-0.1, -0.05) is 32.1 Å². The van der Waals surface area contributed by atoms with Crippen LogP contribution in [0.4, 0.5) is 5.69 Å². The normalized spacial score (nSPS) is 30.1. The van der Waals surface area contributed by atoms with Crippen molar-refractivity contribution in [1.82, 2.24) is 0 Å². The summed E-state index contributed by atoms with van der Waals surface area (Å²) >= 11 is 11.9. The van der Waals surface area contributed by atoms with Gasteiger partial charge in [-0.2, -0.15) is 0 Å². The third-order valence-electron chi connectivity index (χ3n) is 12.1. The Bertz CT molecular complexity index is 1470. The van der Waals surface area contributed by atoms with Gasteiger partial charge in [-0.05, 0) is 104 Å². The molecule has 0 heterocycles. The lowest BCUT2D eigenvalue weighted by Gasteiger charge is -2.58. The lowest BCUT2D eigenvalue weighted by Crippen LogP contribution is -2.59. The molecule has 0 saturated heterocycles. The molecule has 4 aliphatic carbocycles. The molecule has 0 unspecified atom stereocenters. The highest BCUT2D eigenvalue weighted by atomic mass is 35.5. The molecule has 1 aromatic rings. The summed E-state index contributed by atoms with van der Waals surface area (Å²) in [4.78, 5) is 52.6. The van der Waals surface area contributed by atoms with Crippen LogP contribution in [0.1, 0.15) is 91.0 Å². The number of esters is 3. The van der Waals surface area contributed by atoms with Crippen LogP contribution in [0.25, 0.3) is 0 Å². The predicted octanol–water partition coefficient (Wildman–Crippen LogP) is 7.73. The minimum atomic E-state index is -1.29. The van der Waals surface area contributed by atoms with Gasteiger partial charge in [0.25, 0.3) is 0 Å². The number of allylic oxidation sites excluding steroid dienone is 4. The highest BCUT2D eigenvalue weighted by Crippen LogP contribution is 2.68. The number of benzene rings is 1. The summed E-state index contributed by atoms with van der Waals surface area (Å²) in [7, 11) is 0. The van der Waals surface area contributed by atoms with Crippen LogP contribution in [0, 0.1) is 28.6 Å². The number of carbonyl (C=O) groups is 4. The van der Waals surface area contributed by atoms with E-state index < -0.39 is 23.0 Å². The van der Waals surface area contributed by atoms with Gasteiger partial charge in [0, 0.05) is 62.6 Å². The van der Waals surface area contributed by atoms with Crippen molar-refractivity contribution in [2.24, 2.45) is 28.6 Å². The van der Waals surface area contributed by atoms with E-state index in [0.717, 1.165) is 63.1 Å². The summed E-state index contributed by atoms with van der Waals surface area (Å²) < 4.78 is 17.0. The van der Waals surface area contributed by atoms with Gasteiger partial charge in [-0.3, -0.25) is 19.2 Å². The number of hydrogen-bond acceptors (Lipinski definition) is 8. The molecule has 8 nitrogen and oxygen atoms in total. The fourth-order valence-corrected chi connectivity index (χ4v) is 10.1. The van der Waals surface area contributed by atoms with Crippen molar-refractivity contribution < 1.29 is 33.4 Å². The highest BCUT2D eigenvalue weighted by Gasteiger charge is 2.68. The number of alkyl halides is 2. The highest BCUT2D eigenvalue weighted by molar-refractivity contribution is 6.18. The van der Waals surface area contributed by atoms with Crippen molar-refractivity contribution in [3.63, 3.8) is 0 Å². The minimum absolute atomic E-state index is 0.0656. The lowest BCUT2D eigenvalue weighted by molar-refractivity contribution is -0.190. The molecule has 0 aromatic heterocycles. The van der Waals surface area contributed by atoms with Gasteiger partial charge in [-0.15, -0.1) is 23.2 Å². The number of ether oxygens (including phenoxy) is 3. The number of Topliss-reactive ketones (excluding diaryl/α,β-unsaturated/α-hetero) is 1. The largest absolute Gasteiger partial charge is 0.458 e. The Hall–Kier alpha value is -2.84. The van der Waals surface area contributed by atoms with E-state index in [1.807, 2.05) is 0 Å². The van der Waals surface area contributed by atoms with Gasteiger partial charge in [0.2, 0.25) is 5.78 Å². The molecule has 0 N–H and O–H groups in total. The summed E-state index contributed by atoms with van der Waals surface area (Å²) in [6.45, 7) is 8.16. The molecule has 0 bridgehead atoms. The molecule has 0 aliphatic heterocycles. The maximum absolute atomic E-state index is 13.6. The third kappa shape index (κ3) is 7.61. The molecule has 10 heteroatoms. The van der Waals surface area contributed by atoms with Gasteiger partial charge < -0.3 is 19.1 Å². The van der Waals surface area contributed by atoms with E-state index >= 15 is 0 Å². The Labute approximate surface area is 300 Å². The number of hydrogen-bond donors (Lipinski definition) is 0. The number of fused-ring (bicyclic) bond motifs is 5. The molecule has 5 rings (SSSR count). The monoisotopic (exact) mass is 715 g/mol. The molecule has 4 aliphatic rings. The molecular weight excluding hydrogens is 665 g/mol. The zero-order chi connectivity index (χ0) is 35.4. The van der Waals surface area contributed by atoms with Gasteiger partial charge >= 0.3 is 17.9 Å². The number of halogens is 2. The molecular formula is C39H51Cl2NO7. The lowest BCUT2D eigenvalue weighted by atomic mass is 9.47. The molecule has 1 aromatic carbocycles. The SMILES string of the molecule is CC(=O)OCC(=O)[C@@]1(OC(C)=O)CC[C@H]2[C@@H]3CC=C4C=C(OC(=O)CCCc5ccc(N(CCCl)CCCl)cc5)CC[C@]4(C)[C@H]3CC[C@@]21C. The van der Waals surface area contributed by atoms with Gasteiger partial charge in [0.15, 0.2) is 12.2 Å². The molecule has 49 heavy (non-hydrogen) atoms. The first-order valence-corrected chi connectivity index (χ1v) is 18.9. The van der Waals surface area contributed by atoms with Crippen molar-refractivity contribution >= 4 is 52.6 Å². The number of anilines is 1. The number of nitrogens with zero attached hydrogens (tertiary/aromatic N) is 1. The summed E-state index contributed by atoms with van der Waals surface area (Å²) in [5.74, 6) is 1.21. The van der Waals surface area contributed by atoms with E-state index in [-0.39, 0.29) is 29.7 Å². The molecule has 2 fully saturated rings. The van der Waals surface area contributed by atoms with Crippen LogP contribution in [0.3, 0.4) is 0 Å². The zero-order valence-electron chi connectivity index (χ0n) is 29.4. The fourth-order valence-electron chi connectivity index (χ4n) is 9.67. The molecule has 2 saturated carbocycles. The average Bonchev–Trinajstić information content (AvgIpc) is 3.36. The minimum Gasteiger partial charge on any atom is -0.458 e. The number of rotatable bonds is 14. The number of carbonyl (C=O) groups excluding carboxylic acids is 4. The smallest absolute Gasteiger partial charge is 0.310 e. The zero-order valence-corrected chi connectivity index (χ0v) is 30.9. The van der Waals surface area contributed by atoms with E-state index in [1.165, 1.54) is 25.0 Å². The second-order valence-electron chi connectivity index (χ2n) is 14.8. The van der Waals surface area contributed by atoms with Crippen molar-refractivity contribution in [1.29, 1.82) is 0 Å². The van der Waals surface area contributed by atoms with E-state index in [2.05, 4.69) is 55.2 Å².